The average molecular weight is 200 g/mol. The van der Waals surface area contributed by atoms with Crippen molar-refractivity contribution in [3.8, 4) is 0 Å². The molecule has 0 amide bonds. The van der Waals surface area contributed by atoms with Crippen molar-refractivity contribution in [1.29, 1.82) is 0 Å². The van der Waals surface area contributed by atoms with E-state index in [0.717, 1.165) is 6.07 Å². The zero-order valence-electron chi connectivity index (χ0n) is 8.02. The lowest BCUT2D eigenvalue weighted by Gasteiger charge is -2.11. The Hall–Kier alpha value is -1.25. The molecular weight excluding hydrogens is 189 g/mol. The van der Waals surface area contributed by atoms with Gasteiger partial charge in [-0.3, -0.25) is 0 Å². The van der Waals surface area contributed by atoms with E-state index in [2.05, 4.69) is 0 Å². The van der Waals surface area contributed by atoms with Gasteiger partial charge in [0.25, 0.3) is 0 Å². The zero-order chi connectivity index (χ0) is 10.8. The van der Waals surface area contributed by atoms with E-state index in [0.29, 0.717) is 5.56 Å². The van der Waals surface area contributed by atoms with Crippen molar-refractivity contribution in [2.24, 2.45) is 0 Å². The molecule has 0 aromatic heterocycles. The maximum Gasteiger partial charge on any atom is 0.416 e. The van der Waals surface area contributed by atoms with E-state index in [9.17, 15) is 13.2 Å². The smallest absolute Gasteiger partial charge is 0.166 e. The summed E-state index contributed by atoms with van der Waals surface area (Å²) in [6.07, 6.45) is -0.866. The van der Waals surface area contributed by atoms with Gasteiger partial charge < -0.3 is 0 Å². The van der Waals surface area contributed by atoms with Gasteiger partial charge in [-0.1, -0.05) is 24.3 Å². The number of benzene rings is 1. The molecule has 3 heteroatoms. The predicted octanol–water partition coefficient (Wildman–Crippen LogP) is 4.05. The number of hydrogen-bond donors (Lipinski definition) is 0. The molecule has 0 aliphatic carbocycles. The maximum atomic E-state index is 12.4. The molecule has 1 rings (SSSR count). The van der Waals surface area contributed by atoms with Crippen LogP contribution in [0.15, 0.2) is 24.3 Å². The van der Waals surface area contributed by atoms with Crippen molar-refractivity contribution in [3.05, 3.63) is 41.0 Å². The summed E-state index contributed by atoms with van der Waals surface area (Å²) < 4.78 is 37.3. The number of rotatable bonds is 1. The molecule has 0 spiro atoms. The molecule has 76 valence electrons. The third-order valence-electron chi connectivity index (χ3n) is 2.03. The summed E-state index contributed by atoms with van der Waals surface area (Å²) in [4.78, 5) is 0. The van der Waals surface area contributed by atoms with Crippen LogP contribution in [0.2, 0.25) is 0 Å². The van der Waals surface area contributed by atoms with Crippen LogP contribution < -0.4 is 0 Å². The highest BCUT2D eigenvalue weighted by atomic mass is 19.4. The fourth-order valence-electron chi connectivity index (χ4n) is 1.32. The third kappa shape index (κ3) is 2.16. The first-order valence-electron chi connectivity index (χ1n) is 4.26. The molecule has 0 fully saturated rings. The predicted molar refractivity (Wildman–Crippen MR) is 50.9 cm³/mol. The first kappa shape index (κ1) is 10.8. The topological polar surface area (TPSA) is 0 Å². The SMILES string of the molecule is C/C=C\c1cccc(C(F)(F)F)c1C. The molecule has 0 heterocycles. The fraction of sp³-hybridized carbons (Fsp3) is 0.273. The van der Waals surface area contributed by atoms with E-state index in [4.69, 9.17) is 0 Å². The van der Waals surface area contributed by atoms with Gasteiger partial charge >= 0.3 is 6.18 Å². The summed E-state index contributed by atoms with van der Waals surface area (Å²) in [6, 6.07) is 4.19. The average Bonchev–Trinajstić information content (AvgIpc) is 2.07. The Labute approximate surface area is 81.1 Å². The molecule has 1 aromatic rings. The summed E-state index contributed by atoms with van der Waals surface area (Å²) in [7, 11) is 0. The molecule has 0 N–H and O–H groups in total. The van der Waals surface area contributed by atoms with Gasteiger partial charge in [0.05, 0.1) is 5.56 Å². The van der Waals surface area contributed by atoms with Crippen LogP contribution >= 0.6 is 0 Å². The summed E-state index contributed by atoms with van der Waals surface area (Å²) >= 11 is 0. The molecule has 0 nitrogen and oxygen atoms in total. The van der Waals surface area contributed by atoms with Gasteiger partial charge in [-0.25, -0.2) is 0 Å². The van der Waals surface area contributed by atoms with Crippen molar-refractivity contribution in [1.82, 2.24) is 0 Å². The van der Waals surface area contributed by atoms with E-state index >= 15 is 0 Å². The second-order valence-corrected chi connectivity index (χ2v) is 3.02. The molecule has 0 radical (unpaired) electrons. The maximum absolute atomic E-state index is 12.4. The van der Waals surface area contributed by atoms with Crippen molar-refractivity contribution < 1.29 is 13.2 Å². The van der Waals surface area contributed by atoms with Gasteiger partial charge in [0.2, 0.25) is 0 Å². The molecule has 1 aromatic carbocycles. The number of hydrogen-bond acceptors (Lipinski definition) is 0. The van der Waals surface area contributed by atoms with Crippen molar-refractivity contribution in [2.75, 3.05) is 0 Å². The molecule has 0 aliphatic heterocycles. The number of alkyl halides is 3. The molecule has 0 unspecified atom stereocenters. The van der Waals surface area contributed by atoms with Crippen LogP contribution in [-0.2, 0) is 6.18 Å². The summed E-state index contributed by atoms with van der Waals surface area (Å²) in [5.41, 5.74) is 0.327. The van der Waals surface area contributed by atoms with Gasteiger partial charge in [-0.05, 0) is 31.0 Å². The lowest BCUT2D eigenvalue weighted by atomic mass is 10.0. The van der Waals surface area contributed by atoms with Crippen LogP contribution in [0.3, 0.4) is 0 Å². The largest absolute Gasteiger partial charge is 0.416 e. The van der Waals surface area contributed by atoms with Crippen LogP contribution in [0, 0.1) is 6.92 Å². The van der Waals surface area contributed by atoms with Gasteiger partial charge in [0.15, 0.2) is 0 Å². The Morgan fingerprint density at radius 2 is 1.86 bits per heavy atom. The van der Waals surface area contributed by atoms with Gasteiger partial charge in [-0.15, -0.1) is 0 Å². The Bertz CT molecular complexity index is 348. The van der Waals surface area contributed by atoms with Crippen LogP contribution in [0.1, 0.15) is 23.6 Å². The van der Waals surface area contributed by atoms with Crippen LogP contribution in [0.4, 0.5) is 13.2 Å². The van der Waals surface area contributed by atoms with Crippen LogP contribution in [0.25, 0.3) is 6.08 Å². The second-order valence-electron chi connectivity index (χ2n) is 3.02. The monoisotopic (exact) mass is 200 g/mol. The van der Waals surface area contributed by atoms with E-state index in [1.165, 1.54) is 13.0 Å². The Morgan fingerprint density at radius 3 is 2.36 bits per heavy atom. The fourth-order valence-corrected chi connectivity index (χ4v) is 1.32. The van der Waals surface area contributed by atoms with Crippen molar-refractivity contribution >= 4 is 6.08 Å². The number of allylic oxidation sites excluding steroid dienone is 1. The van der Waals surface area contributed by atoms with E-state index in [1.807, 2.05) is 0 Å². The molecule has 0 saturated carbocycles. The normalized spacial score (nSPS) is 12.4. The van der Waals surface area contributed by atoms with E-state index in [-0.39, 0.29) is 5.56 Å². The lowest BCUT2D eigenvalue weighted by Crippen LogP contribution is -2.07. The Morgan fingerprint density at radius 1 is 1.21 bits per heavy atom. The highest BCUT2D eigenvalue weighted by Crippen LogP contribution is 2.33. The minimum absolute atomic E-state index is 0.276. The van der Waals surface area contributed by atoms with E-state index in [1.54, 1.807) is 25.1 Å². The van der Waals surface area contributed by atoms with Gasteiger partial charge in [0.1, 0.15) is 0 Å². The van der Waals surface area contributed by atoms with Gasteiger partial charge in [-0.2, -0.15) is 13.2 Å². The highest BCUT2D eigenvalue weighted by molar-refractivity contribution is 5.55. The second kappa shape index (κ2) is 3.86. The first-order chi connectivity index (χ1) is 6.46. The van der Waals surface area contributed by atoms with Crippen molar-refractivity contribution in [3.63, 3.8) is 0 Å². The molecule has 0 bridgehead atoms. The van der Waals surface area contributed by atoms with Crippen LogP contribution in [0.5, 0.6) is 0 Å². The first-order valence-corrected chi connectivity index (χ1v) is 4.26. The summed E-state index contributed by atoms with van der Waals surface area (Å²) in [5, 5.41) is 0. The Balaban J connectivity index is 3.28. The highest BCUT2D eigenvalue weighted by Gasteiger charge is 2.32. The van der Waals surface area contributed by atoms with Crippen molar-refractivity contribution in [2.45, 2.75) is 20.0 Å². The van der Waals surface area contributed by atoms with Gasteiger partial charge in [0, 0.05) is 0 Å². The quantitative estimate of drug-likeness (QED) is 0.641. The minimum Gasteiger partial charge on any atom is -0.166 e. The summed E-state index contributed by atoms with van der Waals surface area (Å²) in [5.74, 6) is 0. The molecule has 0 aliphatic rings. The van der Waals surface area contributed by atoms with Crippen LogP contribution in [-0.4, -0.2) is 0 Å². The summed E-state index contributed by atoms with van der Waals surface area (Å²) in [6.45, 7) is 3.26. The Kier molecular flexibility index (Phi) is 2.99. The molecular formula is C11H11F3. The minimum atomic E-state index is -4.26. The standard InChI is InChI=1S/C11H11F3/c1-3-5-9-6-4-7-10(8(9)2)11(12,13)14/h3-7H,1-2H3/b5-3-. The molecule has 14 heavy (non-hydrogen) atoms. The number of halogens is 3. The zero-order valence-corrected chi connectivity index (χ0v) is 8.02. The molecule has 0 atom stereocenters. The third-order valence-corrected chi connectivity index (χ3v) is 2.03. The van der Waals surface area contributed by atoms with E-state index < -0.39 is 11.7 Å². The molecule has 0 saturated heterocycles. The lowest BCUT2D eigenvalue weighted by molar-refractivity contribution is -0.138.